The standard InChI is InChI=1S/C18H26N2O2/c1-3-14-12-20(4-2)16-11-13(8-9-17(16)22-14)18(21)15-7-5-6-10-19-15/h8-9,11,14-15,19H,3-7,10,12H2,1-2H3. The van der Waals surface area contributed by atoms with Crippen molar-refractivity contribution in [1.82, 2.24) is 5.32 Å². The summed E-state index contributed by atoms with van der Waals surface area (Å²) in [5, 5.41) is 3.34. The van der Waals surface area contributed by atoms with Crippen LogP contribution in [0.2, 0.25) is 0 Å². The number of ketones is 1. The highest BCUT2D eigenvalue weighted by Gasteiger charge is 2.27. The van der Waals surface area contributed by atoms with Crippen LogP contribution in [0.25, 0.3) is 0 Å². The summed E-state index contributed by atoms with van der Waals surface area (Å²) in [6, 6.07) is 5.89. The molecule has 2 unspecified atom stereocenters. The molecule has 0 aliphatic carbocycles. The number of ether oxygens (including phenoxy) is 1. The molecular weight excluding hydrogens is 276 g/mol. The van der Waals surface area contributed by atoms with Crippen molar-refractivity contribution in [1.29, 1.82) is 0 Å². The van der Waals surface area contributed by atoms with Gasteiger partial charge < -0.3 is 15.0 Å². The summed E-state index contributed by atoms with van der Waals surface area (Å²) in [7, 11) is 0. The Morgan fingerprint density at radius 2 is 2.23 bits per heavy atom. The summed E-state index contributed by atoms with van der Waals surface area (Å²) in [6.45, 7) is 7.09. The zero-order chi connectivity index (χ0) is 15.5. The lowest BCUT2D eigenvalue weighted by atomic mass is 9.95. The van der Waals surface area contributed by atoms with Gasteiger partial charge in [-0.15, -0.1) is 0 Å². The molecule has 0 amide bonds. The van der Waals surface area contributed by atoms with Gasteiger partial charge in [-0.3, -0.25) is 4.79 Å². The number of nitrogens with zero attached hydrogens (tertiary/aromatic N) is 1. The second kappa shape index (κ2) is 6.69. The van der Waals surface area contributed by atoms with Crippen LogP contribution in [0, 0.1) is 0 Å². The van der Waals surface area contributed by atoms with Gasteiger partial charge in [0, 0.05) is 12.1 Å². The topological polar surface area (TPSA) is 41.6 Å². The fraction of sp³-hybridized carbons (Fsp3) is 0.611. The molecule has 4 heteroatoms. The van der Waals surface area contributed by atoms with Crippen molar-refractivity contribution in [2.75, 3.05) is 24.5 Å². The van der Waals surface area contributed by atoms with E-state index in [1.165, 1.54) is 6.42 Å². The molecule has 1 aromatic carbocycles. The Balaban J connectivity index is 1.84. The summed E-state index contributed by atoms with van der Waals surface area (Å²) in [5.74, 6) is 1.13. The maximum atomic E-state index is 12.7. The van der Waals surface area contributed by atoms with Gasteiger partial charge in [-0.2, -0.15) is 0 Å². The van der Waals surface area contributed by atoms with Gasteiger partial charge in [-0.1, -0.05) is 13.3 Å². The number of nitrogens with one attached hydrogen (secondary N) is 1. The van der Waals surface area contributed by atoms with Crippen LogP contribution in [-0.2, 0) is 0 Å². The molecule has 0 spiro atoms. The molecule has 0 bridgehead atoms. The number of carbonyl (C=O) groups excluding carboxylic acids is 1. The third kappa shape index (κ3) is 2.98. The molecule has 1 saturated heterocycles. The predicted molar refractivity (Wildman–Crippen MR) is 89.0 cm³/mol. The largest absolute Gasteiger partial charge is 0.486 e. The van der Waals surface area contributed by atoms with E-state index in [1.807, 2.05) is 18.2 Å². The molecule has 2 heterocycles. The second-order valence-corrected chi connectivity index (χ2v) is 6.24. The molecule has 2 aliphatic rings. The number of carbonyl (C=O) groups is 1. The number of benzene rings is 1. The zero-order valence-corrected chi connectivity index (χ0v) is 13.6. The van der Waals surface area contributed by atoms with Crippen LogP contribution in [0.4, 0.5) is 5.69 Å². The summed E-state index contributed by atoms with van der Waals surface area (Å²) in [4.78, 5) is 15.0. The van der Waals surface area contributed by atoms with E-state index >= 15 is 0 Å². The van der Waals surface area contributed by atoms with Gasteiger partial charge in [0.2, 0.25) is 0 Å². The van der Waals surface area contributed by atoms with Crippen LogP contribution in [0.1, 0.15) is 49.9 Å². The fourth-order valence-corrected chi connectivity index (χ4v) is 3.37. The van der Waals surface area contributed by atoms with E-state index in [1.54, 1.807) is 0 Å². The van der Waals surface area contributed by atoms with Gasteiger partial charge in [0.25, 0.3) is 0 Å². The van der Waals surface area contributed by atoms with Crippen molar-refractivity contribution >= 4 is 11.5 Å². The monoisotopic (exact) mass is 302 g/mol. The van der Waals surface area contributed by atoms with Crippen LogP contribution < -0.4 is 15.0 Å². The van der Waals surface area contributed by atoms with Crippen molar-refractivity contribution in [2.45, 2.75) is 51.7 Å². The van der Waals surface area contributed by atoms with Gasteiger partial charge in [0.05, 0.1) is 18.3 Å². The van der Waals surface area contributed by atoms with Crippen molar-refractivity contribution in [3.63, 3.8) is 0 Å². The van der Waals surface area contributed by atoms with E-state index in [9.17, 15) is 4.79 Å². The van der Waals surface area contributed by atoms with Crippen LogP contribution in [0.5, 0.6) is 5.75 Å². The summed E-state index contributed by atoms with van der Waals surface area (Å²) < 4.78 is 6.02. The number of likely N-dealkylation sites (N-methyl/N-ethyl adjacent to an activating group) is 1. The smallest absolute Gasteiger partial charge is 0.179 e. The molecule has 1 aromatic rings. The molecule has 0 radical (unpaired) electrons. The first kappa shape index (κ1) is 15.3. The molecule has 1 fully saturated rings. The van der Waals surface area contributed by atoms with Gasteiger partial charge in [0.1, 0.15) is 11.9 Å². The fourth-order valence-electron chi connectivity index (χ4n) is 3.37. The van der Waals surface area contributed by atoms with Crippen LogP contribution in [0.15, 0.2) is 18.2 Å². The molecule has 0 saturated carbocycles. The zero-order valence-electron chi connectivity index (χ0n) is 13.6. The Morgan fingerprint density at radius 3 is 2.91 bits per heavy atom. The predicted octanol–water partition coefficient (Wildman–Crippen LogP) is 3.01. The molecule has 3 rings (SSSR count). The van der Waals surface area contributed by atoms with Crippen molar-refractivity contribution < 1.29 is 9.53 Å². The maximum absolute atomic E-state index is 12.7. The van der Waals surface area contributed by atoms with Crippen LogP contribution in [-0.4, -0.2) is 37.6 Å². The lowest BCUT2D eigenvalue weighted by Gasteiger charge is -2.35. The van der Waals surface area contributed by atoms with Gasteiger partial charge in [0.15, 0.2) is 5.78 Å². The Hall–Kier alpha value is -1.55. The van der Waals surface area contributed by atoms with Gasteiger partial charge in [-0.05, 0) is 50.9 Å². The van der Waals surface area contributed by atoms with E-state index in [0.717, 1.165) is 55.9 Å². The Kier molecular flexibility index (Phi) is 4.67. The lowest BCUT2D eigenvalue weighted by molar-refractivity contribution is 0.0927. The highest BCUT2D eigenvalue weighted by atomic mass is 16.5. The number of hydrogen-bond acceptors (Lipinski definition) is 4. The van der Waals surface area contributed by atoms with Gasteiger partial charge in [-0.25, -0.2) is 0 Å². The minimum Gasteiger partial charge on any atom is -0.486 e. The lowest BCUT2D eigenvalue weighted by Crippen LogP contribution is -2.41. The number of Topliss-reactive ketones (excluding diaryl/α,β-unsaturated/α-hetero) is 1. The molecule has 2 aliphatic heterocycles. The molecule has 0 aromatic heterocycles. The van der Waals surface area contributed by atoms with E-state index in [2.05, 4.69) is 24.1 Å². The van der Waals surface area contributed by atoms with E-state index in [4.69, 9.17) is 4.74 Å². The Bertz CT molecular complexity index is 538. The van der Waals surface area contributed by atoms with E-state index in [-0.39, 0.29) is 17.9 Å². The van der Waals surface area contributed by atoms with Crippen molar-refractivity contribution in [3.05, 3.63) is 23.8 Å². The summed E-state index contributed by atoms with van der Waals surface area (Å²) in [6.07, 6.45) is 4.50. The van der Waals surface area contributed by atoms with E-state index < -0.39 is 0 Å². The number of rotatable bonds is 4. The molecule has 120 valence electrons. The SMILES string of the molecule is CCC1CN(CC)c2cc(C(=O)C3CCCCN3)ccc2O1. The second-order valence-electron chi connectivity index (χ2n) is 6.24. The maximum Gasteiger partial charge on any atom is 0.179 e. The van der Waals surface area contributed by atoms with Crippen LogP contribution in [0.3, 0.4) is 0 Å². The molecule has 22 heavy (non-hydrogen) atoms. The first-order valence-corrected chi connectivity index (χ1v) is 8.56. The minimum absolute atomic E-state index is 0.0187. The van der Waals surface area contributed by atoms with Gasteiger partial charge >= 0.3 is 0 Å². The summed E-state index contributed by atoms with van der Waals surface area (Å²) in [5.41, 5.74) is 1.86. The Labute approximate surface area is 132 Å². The van der Waals surface area contributed by atoms with E-state index in [0.29, 0.717) is 0 Å². The number of piperidine rings is 1. The third-order valence-electron chi connectivity index (χ3n) is 4.77. The average molecular weight is 302 g/mol. The Morgan fingerprint density at radius 1 is 1.36 bits per heavy atom. The quantitative estimate of drug-likeness (QED) is 0.868. The first-order chi connectivity index (χ1) is 10.7. The number of hydrogen-bond donors (Lipinski definition) is 1. The summed E-state index contributed by atoms with van der Waals surface area (Å²) >= 11 is 0. The first-order valence-electron chi connectivity index (χ1n) is 8.56. The molecule has 4 nitrogen and oxygen atoms in total. The number of anilines is 1. The third-order valence-corrected chi connectivity index (χ3v) is 4.77. The highest BCUT2D eigenvalue weighted by molar-refractivity contribution is 6.01. The molecule has 2 atom stereocenters. The molecular formula is C18H26N2O2. The van der Waals surface area contributed by atoms with Crippen LogP contribution >= 0.6 is 0 Å². The minimum atomic E-state index is -0.0187. The number of fused-ring (bicyclic) bond motifs is 1. The molecule has 1 N–H and O–H groups in total. The van der Waals surface area contributed by atoms with Crippen molar-refractivity contribution in [2.24, 2.45) is 0 Å². The van der Waals surface area contributed by atoms with Crippen molar-refractivity contribution in [3.8, 4) is 5.75 Å². The highest BCUT2D eigenvalue weighted by Crippen LogP contribution is 2.35. The average Bonchev–Trinajstić information content (AvgIpc) is 2.60. The normalized spacial score (nSPS) is 24.5.